The molecule has 0 aliphatic carbocycles. The number of carbonyl (C=O) groups excluding carboxylic acids is 1. The van der Waals surface area contributed by atoms with Crippen molar-refractivity contribution in [2.45, 2.75) is 25.4 Å². The van der Waals surface area contributed by atoms with Gasteiger partial charge in [0.05, 0.1) is 5.75 Å². The van der Waals surface area contributed by atoms with Crippen LogP contribution in [0.5, 0.6) is 0 Å². The first-order chi connectivity index (χ1) is 11.1. The molecule has 0 atom stereocenters. The fraction of sp³-hybridized carbons (Fsp3) is 0.235. The third kappa shape index (κ3) is 3.09. The van der Waals surface area contributed by atoms with E-state index in [-0.39, 0.29) is 5.78 Å². The number of carbonyl (C=O) groups is 1. The molecular formula is C17H17N3OS2. The van der Waals surface area contributed by atoms with Gasteiger partial charge in [0.1, 0.15) is 16.2 Å². The van der Waals surface area contributed by atoms with Crippen molar-refractivity contribution in [1.29, 1.82) is 0 Å². The summed E-state index contributed by atoms with van der Waals surface area (Å²) in [6.07, 6.45) is 3.40. The van der Waals surface area contributed by atoms with Gasteiger partial charge in [-0.25, -0.2) is 9.97 Å². The smallest absolute Gasteiger partial charge is 0.174 e. The van der Waals surface area contributed by atoms with Crippen LogP contribution in [0.25, 0.3) is 10.2 Å². The van der Waals surface area contributed by atoms with Crippen molar-refractivity contribution in [3.05, 3.63) is 53.4 Å². The van der Waals surface area contributed by atoms with Crippen molar-refractivity contribution < 1.29 is 4.79 Å². The highest BCUT2D eigenvalue weighted by Gasteiger charge is 2.16. The fourth-order valence-electron chi connectivity index (χ4n) is 2.59. The molecule has 0 fully saturated rings. The maximum atomic E-state index is 12.6. The third-order valence-electron chi connectivity index (χ3n) is 3.75. The summed E-state index contributed by atoms with van der Waals surface area (Å²) in [6.45, 7) is 8.49. The predicted molar refractivity (Wildman–Crippen MR) is 96.6 cm³/mol. The lowest BCUT2D eigenvalue weighted by atomic mass is 10.2. The van der Waals surface area contributed by atoms with Gasteiger partial charge in [0.2, 0.25) is 0 Å². The Kier molecular flexibility index (Phi) is 4.63. The van der Waals surface area contributed by atoms with Gasteiger partial charge in [-0.2, -0.15) is 0 Å². The van der Waals surface area contributed by atoms with Crippen molar-refractivity contribution in [1.82, 2.24) is 14.5 Å². The molecule has 0 unspecified atom stereocenters. The van der Waals surface area contributed by atoms with Gasteiger partial charge in [-0.1, -0.05) is 17.8 Å². The van der Waals surface area contributed by atoms with Crippen LogP contribution in [0.4, 0.5) is 0 Å². The Morgan fingerprint density at radius 3 is 3.04 bits per heavy atom. The molecule has 0 amide bonds. The maximum Gasteiger partial charge on any atom is 0.174 e. The molecule has 4 nitrogen and oxygen atoms in total. The van der Waals surface area contributed by atoms with E-state index in [0.717, 1.165) is 38.7 Å². The highest BCUT2D eigenvalue weighted by atomic mass is 32.2. The monoisotopic (exact) mass is 343 g/mol. The third-order valence-corrected chi connectivity index (χ3v) is 5.58. The van der Waals surface area contributed by atoms with Crippen molar-refractivity contribution in [2.75, 3.05) is 5.75 Å². The van der Waals surface area contributed by atoms with Crippen LogP contribution in [0.1, 0.15) is 21.7 Å². The molecule has 0 radical (unpaired) electrons. The Bertz CT molecular complexity index is 879. The van der Waals surface area contributed by atoms with E-state index in [1.54, 1.807) is 17.7 Å². The van der Waals surface area contributed by atoms with E-state index < -0.39 is 0 Å². The SMILES string of the molecule is C=CCn1c(C)cc(C(=O)CSc2ncnc3sccc23)c1C. The van der Waals surface area contributed by atoms with Gasteiger partial charge >= 0.3 is 0 Å². The average Bonchev–Trinajstić information content (AvgIpc) is 3.13. The van der Waals surface area contributed by atoms with Gasteiger partial charge in [-0.05, 0) is 31.4 Å². The molecule has 0 aromatic carbocycles. The zero-order valence-corrected chi connectivity index (χ0v) is 14.7. The molecular weight excluding hydrogens is 326 g/mol. The zero-order valence-electron chi connectivity index (χ0n) is 13.1. The quantitative estimate of drug-likeness (QED) is 0.290. The largest absolute Gasteiger partial charge is 0.345 e. The topological polar surface area (TPSA) is 47.8 Å². The van der Waals surface area contributed by atoms with Crippen LogP contribution < -0.4 is 0 Å². The number of rotatable bonds is 6. The van der Waals surface area contributed by atoms with Crippen molar-refractivity contribution in [3.8, 4) is 0 Å². The summed E-state index contributed by atoms with van der Waals surface area (Å²) < 4.78 is 2.10. The Labute approximate surface area is 143 Å². The second-order valence-electron chi connectivity index (χ2n) is 5.21. The number of allylic oxidation sites excluding steroid dienone is 1. The molecule has 0 saturated carbocycles. The van der Waals surface area contributed by atoms with Crippen LogP contribution in [-0.2, 0) is 6.54 Å². The number of thiophene rings is 1. The van der Waals surface area contributed by atoms with E-state index in [2.05, 4.69) is 21.1 Å². The minimum Gasteiger partial charge on any atom is -0.345 e. The molecule has 0 aliphatic rings. The fourth-order valence-corrected chi connectivity index (χ4v) is 4.25. The molecule has 0 N–H and O–H groups in total. The Morgan fingerprint density at radius 1 is 1.43 bits per heavy atom. The number of hydrogen-bond acceptors (Lipinski definition) is 5. The average molecular weight is 343 g/mol. The van der Waals surface area contributed by atoms with E-state index >= 15 is 0 Å². The summed E-state index contributed by atoms with van der Waals surface area (Å²) in [5.74, 6) is 0.501. The van der Waals surface area contributed by atoms with Crippen LogP contribution >= 0.6 is 23.1 Å². The van der Waals surface area contributed by atoms with Gasteiger partial charge in [0.15, 0.2) is 5.78 Å². The first kappa shape index (κ1) is 16.0. The normalized spacial score (nSPS) is 11.0. The first-order valence-corrected chi connectivity index (χ1v) is 9.10. The van der Waals surface area contributed by atoms with Crippen molar-refractivity contribution >= 4 is 39.1 Å². The van der Waals surface area contributed by atoms with Crippen molar-refractivity contribution in [3.63, 3.8) is 0 Å². The standard InChI is InChI=1S/C17H17N3OS2/c1-4-6-20-11(2)8-14(12(20)3)15(21)9-23-17-13-5-7-22-16(13)18-10-19-17/h4-5,7-8,10H,1,6,9H2,2-3H3. The molecule has 3 aromatic heterocycles. The molecule has 0 aliphatic heterocycles. The Balaban J connectivity index is 1.79. The second-order valence-corrected chi connectivity index (χ2v) is 7.07. The number of ketones is 1. The number of thioether (sulfide) groups is 1. The van der Waals surface area contributed by atoms with E-state index in [1.165, 1.54) is 11.8 Å². The van der Waals surface area contributed by atoms with Gasteiger partial charge in [0.25, 0.3) is 0 Å². The molecule has 23 heavy (non-hydrogen) atoms. The molecule has 118 valence electrons. The summed E-state index contributed by atoms with van der Waals surface area (Å²) in [5, 5.41) is 3.88. The van der Waals surface area contributed by atoms with Crippen molar-refractivity contribution in [2.24, 2.45) is 0 Å². The molecule has 0 saturated heterocycles. The van der Waals surface area contributed by atoms with Gasteiger partial charge < -0.3 is 4.57 Å². The molecule has 0 spiro atoms. The number of hydrogen-bond donors (Lipinski definition) is 0. The summed E-state index contributed by atoms with van der Waals surface area (Å²) in [6, 6.07) is 3.96. The molecule has 0 bridgehead atoms. The number of Topliss-reactive ketones (excluding diaryl/α,β-unsaturated/α-hetero) is 1. The van der Waals surface area contributed by atoms with Gasteiger partial charge in [0, 0.05) is 28.9 Å². The molecule has 3 aromatic rings. The zero-order chi connectivity index (χ0) is 16.4. The minimum atomic E-state index is 0.125. The number of aryl methyl sites for hydroxylation is 1. The lowest BCUT2D eigenvalue weighted by Crippen LogP contribution is -2.06. The van der Waals surface area contributed by atoms with E-state index in [1.807, 2.05) is 37.4 Å². The molecule has 6 heteroatoms. The second kappa shape index (κ2) is 6.68. The summed E-state index contributed by atoms with van der Waals surface area (Å²) >= 11 is 3.05. The van der Waals surface area contributed by atoms with E-state index in [4.69, 9.17) is 0 Å². The highest BCUT2D eigenvalue weighted by Crippen LogP contribution is 2.28. The molecule has 3 heterocycles. The minimum absolute atomic E-state index is 0.125. The number of fused-ring (bicyclic) bond motifs is 1. The highest BCUT2D eigenvalue weighted by molar-refractivity contribution is 8.00. The predicted octanol–water partition coefficient (Wildman–Crippen LogP) is 4.27. The Morgan fingerprint density at radius 2 is 2.26 bits per heavy atom. The van der Waals surface area contributed by atoms with Gasteiger partial charge in [-0.15, -0.1) is 17.9 Å². The summed E-state index contributed by atoms with van der Waals surface area (Å²) in [5.41, 5.74) is 2.86. The number of aromatic nitrogens is 3. The van der Waals surface area contributed by atoms with Gasteiger partial charge in [-0.3, -0.25) is 4.79 Å². The van der Waals surface area contributed by atoms with Crippen LogP contribution in [0.3, 0.4) is 0 Å². The lowest BCUT2D eigenvalue weighted by Gasteiger charge is -2.06. The first-order valence-electron chi connectivity index (χ1n) is 7.23. The van der Waals surface area contributed by atoms with Crippen LogP contribution in [0.2, 0.25) is 0 Å². The number of nitrogens with zero attached hydrogens (tertiary/aromatic N) is 3. The Hall–Kier alpha value is -1.92. The van der Waals surface area contributed by atoms with E-state index in [9.17, 15) is 4.79 Å². The molecule has 3 rings (SSSR count). The van der Waals surface area contributed by atoms with E-state index in [0.29, 0.717) is 5.75 Å². The van der Waals surface area contributed by atoms with Crippen LogP contribution in [0, 0.1) is 13.8 Å². The summed E-state index contributed by atoms with van der Waals surface area (Å²) in [4.78, 5) is 22.1. The lowest BCUT2D eigenvalue weighted by molar-refractivity contribution is 0.102. The van der Waals surface area contributed by atoms with Crippen LogP contribution in [-0.4, -0.2) is 26.1 Å². The maximum absolute atomic E-state index is 12.6. The van der Waals surface area contributed by atoms with Crippen LogP contribution in [0.15, 0.2) is 41.5 Å². The summed E-state index contributed by atoms with van der Waals surface area (Å²) in [7, 11) is 0.